The summed E-state index contributed by atoms with van der Waals surface area (Å²) in [5, 5.41) is 13.3. The van der Waals surface area contributed by atoms with Gasteiger partial charge in [-0.05, 0) is 51.3 Å². The molecule has 0 spiro atoms. The molecule has 1 aromatic heterocycles. The molecule has 0 saturated heterocycles. The van der Waals surface area contributed by atoms with Gasteiger partial charge in [-0.2, -0.15) is 0 Å². The molecule has 0 aliphatic carbocycles. The van der Waals surface area contributed by atoms with Crippen LogP contribution in [0.5, 0.6) is 0 Å². The van der Waals surface area contributed by atoms with Gasteiger partial charge in [-0.25, -0.2) is 4.79 Å². The summed E-state index contributed by atoms with van der Waals surface area (Å²) in [4.78, 5) is 12.0. The SMILES string of the molecule is Cc1c(CN[C@H](C)CCc2ccccc2)c(C(=O)O)c(C)n1-c1ccccc1. The lowest BCUT2D eigenvalue weighted by atomic mass is 10.1. The van der Waals surface area contributed by atoms with Crippen LogP contribution in [0.15, 0.2) is 60.7 Å². The zero-order chi connectivity index (χ0) is 20.1. The summed E-state index contributed by atoms with van der Waals surface area (Å²) in [6, 6.07) is 20.6. The van der Waals surface area contributed by atoms with Gasteiger partial charge in [0.15, 0.2) is 0 Å². The van der Waals surface area contributed by atoms with Crippen LogP contribution in [0.1, 0.15) is 46.2 Å². The van der Waals surface area contributed by atoms with Gasteiger partial charge < -0.3 is 15.0 Å². The minimum Gasteiger partial charge on any atom is -0.478 e. The van der Waals surface area contributed by atoms with E-state index in [1.165, 1.54) is 5.56 Å². The van der Waals surface area contributed by atoms with Crippen molar-refractivity contribution < 1.29 is 9.90 Å². The highest BCUT2D eigenvalue weighted by molar-refractivity contribution is 5.91. The standard InChI is InChI=1S/C24H28N2O2/c1-17(14-15-20-10-6-4-7-11-20)25-16-22-18(2)26(19(3)23(22)24(27)28)21-12-8-5-9-13-21/h4-13,17,25H,14-16H2,1-3H3,(H,27,28)/t17-/m1/s1. The van der Waals surface area contributed by atoms with Crippen molar-refractivity contribution in [3.8, 4) is 5.69 Å². The van der Waals surface area contributed by atoms with Gasteiger partial charge in [0, 0.05) is 35.2 Å². The van der Waals surface area contributed by atoms with E-state index in [0.29, 0.717) is 18.2 Å². The number of para-hydroxylation sites is 1. The number of benzene rings is 2. The maximum atomic E-state index is 12.0. The van der Waals surface area contributed by atoms with Crippen LogP contribution >= 0.6 is 0 Å². The molecule has 0 saturated carbocycles. The van der Waals surface area contributed by atoms with Crippen LogP contribution in [0.4, 0.5) is 0 Å². The first-order valence-electron chi connectivity index (χ1n) is 9.75. The van der Waals surface area contributed by atoms with E-state index in [0.717, 1.165) is 35.5 Å². The van der Waals surface area contributed by atoms with E-state index in [4.69, 9.17) is 0 Å². The molecular weight excluding hydrogens is 348 g/mol. The van der Waals surface area contributed by atoms with Crippen LogP contribution in [0.25, 0.3) is 5.69 Å². The summed E-state index contributed by atoms with van der Waals surface area (Å²) in [5.41, 5.74) is 5.33. The zero-order valence-electron chi connectivity index (χ0n) is 16.8. The van der Waals surface area contributed by atoms with Crippen LogP contribution in [-0.4, -0.2) is 21.7 Å². The van der Waals surface area contributed by atoms with E-state index in [1.54, 1.807) is 0 Å². The van der Waals surface area contributed by atoms with Gasteiger partial charge in [-0.3, -0.25) is 0 Å². The second-order valence-corrected chi connectivity index (χ2v) is 7.31. The van der Waals surface area contributed by atoms with Gasteiger partial charge in [-0.1, -0.05) is 48.5 Å². The molecule has 1 atom stereocenters. The van der Waals surface area contributed by atoms with Crippen LogP contribution < -0.4 is 5.32 Å². The molecule has 0 aliphatic rings. The van der Waals surface area contributed by atoms with Crippen molar-refractivity contribution in [1.29, 1.82) is 0 Å². The van der Waals surface area contributed by atoms with E-state index < -0.39 is 5.97 Å². The van der Waals surface area contributed by atoms with Crippen LogP contribution in [0.2, 0.25) is 0 Å². The molecule has 0 radical (unpaired) electrons. The molecule has 4 heteroatoms. The number of aromatic nitrogens is 1. The Morgan fingerprint density at radius 2 is 1.61 bits per heavy atom. The number of aryl methyl sites for hydroxylation is 1. The van der Waals surface area contributed by atoms with Crippen LogP contribution in [-0.2, 0) is 13.0 Å². The molecule has 146 valence electrons. The van der Waals surface area contributed by atoms with Gasteiger partial charge in [0.05, 0.1) is 5.56 Å². The third kappa shape index (κ3) is 4.34. The minimum atomic E-state index is -0.871. The highest BCUT2D eigenvalue weighted by atomic mass is 16.4. The van der Waals surface area contributed by atoms with E-state index in [1.807, 2.05) is 54.8 Å². The van der Waals surface area contributed by atoms with Crippen LogP contribution in [0, 0.1) is 13.8 Å². The minimum absolute atomic E-state index is 0.293. The van der Waals surface area contributed by atoms with Crippen molar-refractivity contribution in [2.45, 2.75) is 46.2 Å². The zero-order valence-corrected chi connectivity index (χ0v) is 16.8. The van der Waals surface area contributed by atoms with Gasteiger partial charge >= 0.3 is 5.97 Å². The average Bonchev–Trinajstić information content (AvgIpc) is 2.96. The average molecular weight is 377 g/mol. The number of rotatable bonds is 8. The molecule has 0 aliphatic heterocycles. The lowest BCUT2D eigenvalue weighted by Gasteiger charge is -2.15. The molecule has 2 N–H and O–H groups in total. The maximum absolute atomic E-state index is 12.0. The molecule has 0 fully saturated rings. The van der Waals surface area contributed by atoms with Crippen molar-refractivity contribution >= 4 is 5.97 Å². The first-order valence-corrected chi connectivity index (χ1v) is 9.75. The van der Waals surface area contributed by atoms with E-state index in [-0.39, 0.29) is 0 Å². The highest BCUT2D eigenvalue weighted by Crippen LogP contribution is 2.26. The number of nitrogens with one attached hydrogen (secondary N) is 1. The summed E-state index contributed by atoms with van der Waals surface area (Å²) in [6.45, 7) is 6.58. The fourth-order valence-corrected chi connectivity index (χ4v) is 3.77. The van der Waals surface area contributed by atoms with Gasteiger partial charge in [0.2, 0.25) is 0 Å². The third-order valence-electron chi connectivity index (χ3n) is 5.34. The largest absolute Gasteiger partial charge is 0.478 e. The van der Waals surface area contributed by atoms with Crippen molar-refractivity contribution in [3.05, 3.63) is 88.7 Å². The van der Waals surface area contributed by atoms with Gasteiger partial charge in [0.1, 0.15) is 0 Å². The molecular formula is C24H28N2O2. The summed E-state index contributed by atoms with van der Waals surface area (Å²) in [6.07, 6.45) is 2.01. The second kappa shape index (κ2) is 8.89. The Morgan fingerprint density at radius 1 is 1.00 bits per heavy atom. The van der Waals surface area contributed by atoms with E-state index in [2.05, 4.69) is 36.5 Å². The van der Waals surface area contributed by atoms with Crippen molar-refractivity contribution in [1.82, 2.24) is 9.88 Å². The molecule has 3 rings (SSSR count). The number of carbonyl (C=O) groups is 1. The molecule has 2 aromatic carbocycles. The third-order valence-corrected chi connectivity index (χ3v) is 5.34. The molecule has 0 bridgehead atoms. The molecule has 4 nitrogen and oxygen atoms in total. The first-order chi connectivity index (χ1) is 13.5. The Bertz CT molecular complexity index is 930. The van der Waals surface area contributed by atoms with Crippen molar-refractivity contribution in [3.63, 3.8) is 0 Å². The lowest BCUT2D eigenvalue weighted by Crippen LogP contribution is -2.27. The predicted molar refractivity (Wildman–Crippen MR) is 113 cm³/mol. The van der Waals surface area contributed by atoms with E-state index >= 15 is 0 Å². The first kappa shape index (κ1) is 19.9. The summed E-state index contributed by atoms with van der Waals surface area (Å²) in [7, 11) is 0. The summed E-state index contributed by atoms with van der Waals surface area (Å²) >= 11 is 0. The molecule has 3 aromatic rings. The quantitative estimate of drug-likeness (QED) is 0.588. The smallest absolute Gasteiger partial charge is 0.337 e. The number of carboxylic acid groups (broad SMARTS) is 1. The fraction of sp³-hybridized carbons (Fsp3) is 0.292. The van der Waals surface area contributed by atoms with Crippen LogP contribution in [0.3, 0.4) is 0 Å². The van der Waals surface area contributed by atoms with Crippen molar-refractivity contribution in [2.24, 2.45) is 0 Å². The number of nitrogens with zero attached hydrogens (tertiary/aromatic N) is 1. The summed E-state index contributed by atoms with van der Waals surface area (Å²) < 4.78 is 2.04. The van der Waals surface area contributed by atoms with Crippen molar-refractivity contribution in [2.75, 3.05) is 0 Å². The number of hydrogen-bond acceptors (Lipinski definition) is 2. The highest BCUT2D eigenvalue weighted by Gasteiger charge is 2.23. The Hall–Kier alpha value is -2.85. The monoisotopic (exact) mass is 376 g/mol. The topological polar surface area (TPSA) is 54.3 Å². The molecule has 0 unspecified atom stereocenters. The van der Waals surface area contributed by atoms with Gasteiger partial charge in [-0.15, -0.1) is 0 Å². The predicted octanol–water partition coefficient (Wildman–Crippen LogP) is 4.90. The second-order valence-electron chi connectivity index (χ2n) is 7.31. The number of aromatic carboxylic acids is 1. The molecule has 0 amide bonds. The lowest BCUT2D eigenvalue weighted by molar-refractivity contribution is 0.0694. The molecule has 28 heavy (non-hydrogen) atoms. The molecule has 1 heterocycles. The Kier molecular flexibility index (Phi) is 6.32. The Labute approximate surface area is 166 Å². The number of carboxylic acids is 1. The Morgan fingerprint density at radius 3 is 2.21 bits per heavy atom. The fourth-order valence-electron chi connectivity index (χ4n) is 3.77. The number of hydrogen-bond donors (Lipinski definition) is 2. The Balaban J connectivity index is 1.77. The maximum Gasteiger partial charge on any atom is 0.337 e. The summed E-state index contributed by atoms with van der Waals surface area (Å²) in [5.74, 6) is -0.871. The van der Waals surface area contributed by atoms with Gasteiger partial charge in [0.25, 0.3) is 0 Å². The van der Waals surface area contributed by atoms with E-state index in [9.17, 15) is 9.90 Å². The normalized spacial score (nSPS) is 12.1.